The van der Waals surface area contributed by atoms with E-state index < -0.39 is 17.7 Å². The minimum atomic E-state index is -0.894. The number of ketones is 1. The van der Waals surface area contributed by atoms with Crippen molar-refractivity contribution in [2.75, 3.05) is 21.3 Å². The van der Waals surface area contributed by atoms with Crippen LogP contribution in [0.15, 0.2) is 72.6 Å². The van der Waals surface area contributed by atoms with Gasteiger partial charge in [0.2, 0.25) is 5.75 Å². The minimum Gasteiger partial charge on any atom is -0.507 e. The number of hydrogen-bond donors (Lipinski definition) is 1. The first kappa shape index (κ1) is 22.8. The van der Waals surface area contributed by atoms with E-state index in [-0.39, 0.29) is 17.9 Å². The van der Waals surface area contributed by atoms with Crippen molar-refractivity contribution >= 4 is 17.4 Å². The van der Waals surface area contributed by atoms with Crippen LogP contribution in [0, 0.1) is 0 Å². The van der Waals surface area contributed by atoms with Gasteiger partial charge in [0, 0.05) is 24.5 Å². The third-order valence-corrected chi connectivity index (χ3v) is 5.67. The number of benzene rings is 2. The van der Waals surface area contributed by atoms with Crippen molar-refractivity contribution in [1.82, 2.24) is 9.88 Å². The quantitative estimate of drug-likeness (QED) is 0.326. The monoisotopic (exact) mass is 460 g/mol. The lowest BCUT2D eigenvalue weighted by Crippen LogP contribution is -2.29. The summed E-state index contributed by atoms with van der Waals surface area (Å²) in [6.07, 6.45) is 3.26. The van der Waals surface area contributed by atoms with Crippen molar-refractivity contribution in [3.05, 3.63) is 89.3 Å². The van der Waals surface area contributed by atoms with Crippen LogP contribution in [-0.4, -0.2) is 48.0 Å². The molecule has 0 bridgehead atoms. The van der Waals surface area contributed by atoms with Crippen LogP contribution in [0.25, 0.3) is 5.76 Å². The van der Waals surface area contributed by atoms with Crippen LogP contribution >= 0.6 is 0 Å². The van der Waals surface area contributed by atoms with Gasteiger partial charge < -0.3 is 24.2 Å². The Kier molecular flexibility index (Phi) is 6.49. The third-order valence-electron chi connectivity index (χ3n) is 5.67. The molecule has 8 heteroatoms. The average molecular weight is 460 g/mol. The van der Waals surface area contributed by atoms with Gasteiger partial charge in [-0.1, -0.05) is 36.4 Å². The van der Waals surface area contributed by atoms with Gasteiger partial charge in [0.15, 0.2) is 11.5 Å². The van der Waals surface area contributed by atoms with Crippen LogP contribution in [0.4, 0.5) is 0 Å². The lowest BCUT2D eigenvalue weighted by Gasteiger charge is -2.26. The van der Waals surface area contributed by atoms with Crippen LogP contribution in [0.1, 0.15) is 22.7 Å². The second-order valence-electron chi connectivity index (χ2n) is 7.61. The third kappa shape index (κ3) is 4.05. The van der Waals surface area contributed by atoms with E-state index in [1.807, 2.05) is 6.07 Å². The number of rotatable bonds is 7. The molecular weight excluding hydrogens is 436 g/mol. The number of aliphatic hydroxyl groups excluding tert-OH is 1. The Bertz CT molecular complexity index is 1220. The topological polar surface area (TPSA) is 98.2 Å². The van der Waals surface area contributed by atoms with Gasteiger partial charge >= 0.3 is 0 Å². The second kappa shape index (κ2) is 9.66. The molecule has 174 valence electrons. The summed E-state index contributed by atoms with van der Waals surface area (Å²) in [4.78, 5) is 31.9. The Morgan fingerprint density at radius 1 is 0.971 bits per heavy atom. The molecule has 3 aromatic rings. The van der Waals surface area contributed by atoms with Gasteiger partial charge in [-0.15, -0.1) is 0 Å². The number of hydrogen-bond acceptors (Lipinski definition) is 7. The van der Waals surface area contributed by atoms with E-state index >= 15 is 0 Å². The molecule has 1 N–H and O–H groups in total. The Balaban J connectivity index is 1.94. The van der Waals surface area contributed by atoms with Crippen LogP contribution in [0.3, 0.4) is 0 Å². The van der Waals surface area contributed by atoms with E-state index in [0.717, 1.165) is 5.56 Å². The molecular formula is C26H24N2O6. The highest BCUT2D eigenvalue weighted by Gasteiger charge is 2.46. The number of amides is 1. The summed E-state index contributed by atoms with van der Waals surface area (Å²) in [5.41, 5.74) is 1.67. The lowest BCUT2D eigenvalue weighted by atomic mass is 9.94. The molecule has 1 aliphatic heterocycles. The summed E-state index contributed by atoms with van der Waals surface area (Å²) in [5.74, 6) is -0.649. The smallest absolute Gasteiger partial charge is 0.295 e. The summed E-state index contributed by atoms with van der Waals surface area (Å²) in [5, 5.41) is 11.2. The van der Waals surface area contributed by atoms with Crippen LogP contribution in [0.2, 0.25) is 0 Å². The van der Waals surface area contributed by atoms with E-state index in [4.69, 9.17) is 14.2 Å². The van der Waals surface area contributed by atoms with Crippen molar-refractivity contribution in [2.45, 2.75) is 12.6 Å². The van der Waals surface area contributed by atoms with Gasteiger partial charge in [-0.2, -0.15) is 0 Å². The number of nitrogens with zero attached hydrogens (tertiary/aromatic N) is 2. The molecule has 4 rings (SSSR count). The first-order valence-corrected chi connectivity index (χ1v) is 10.5. The zero-order chi connectivity index (χ0) is 24.2. The summed E-state index contributed by atoms with van der Waals surface area (Å²) >= 11 is 0. The molecule has 2 heterocycles. The molecule has 34 heavy (non-hydrogen) atoms. The van der Waals surface area contributed by atoms with Crippen LogP contribution < -0.4 is 14.2 Å². The molecule has 1 saturated heterocycles. The predicted octanol–water partition coefficient (Wildman–Crippen LogP) is 3.73. The zero-order valence-electron chi connectivity index (χ0n) is 19.0. The normalized spacial score (nSPS) is 17.0. The molecule has 0 aliphatic carbocycles. The fraction of sp³-hybridized carbons (Fsp3) is 0.192. The Hall–Kier alpha value is -4.33. The fourth-order valence-electron chi connectivity index (χ4n) is 4.09. The molecule has 2 aromatic carbocycles. The molecule has 8 nitrogen and oxygen atoms in total. The largest absolute Gasteiger partial charge is 0.507 e. The Morgan fingerprint density at radius 3 is 2.21 bits per heavy atom. The standard InChI is InChI=1S/C26H24N2O6/c1-32-19-12-18(13-20(33-2)25(19)34-3)22-21(23(29)17-9-5-4-6-10-17)24(30)26(31)28(22)15-16-8-7-11-27-14-16/h4-14,22,29H,15H2,1-3H3/t22-/m1/s1. The van der Waals surface area contributed by atoms with E-state index in [2.05, 4.69) is 4.98 Å². The van der Waals surface area contributed by atoms with Crippen molar-refractivity contribution < 1.29 is 28.9 Å². The number of carbonyl (C=O) groups is 2. The summed E-state index contributed by atoms with van der Waals surface area (Å²) in [7, 11) is 4.46. The lowest BCUT2D eigenvalue weighted by molar-refractivity contribution is -0.140. The molecule has 1 amide bonds. The maximum Gasteiger partial charge on any atom is 0.295 e. The van der Waals surface area contributed by atoms with Crippen molar-refractivity contribution in [3.8, 4) is 17.2 Å². The van der Waals surface area contributed by atoms with Crippen molar-refractivity contribution in [3.63, 3.8) is 0 Å². The second-order valence-corrected chi connectivity index (χ2v) is 7.61. The summed E-state index contributed by atoms with van der Waals surface area (Å²) in [6, 6.07) is 14.7. The molecule has 0 saturated carbocycles. The zero-order valence-corrected chi connectivity index (χ0v) is 19.0. The van der Waals surface area contributed by atoms with Crippen molar-refractivity contribution in [2.24, 2.45) is 0 Å². The van der Waals surface area contributed by atoms with E-state index in [9.17, 15) is 14.7 Å². The van der Waals surface area contributed by atoms with E-state index in [1.54, 1.807) is 60.9 Å². The Labute approximate surface area is 197 Å². The van der Waals surface area contributed by atoms with Gasteiger partial charge in [-0.3, -0.25) is 14.6 Å². The van der Waals surface area contributed by atoms with Gasteiger partial charge in [-0.25, -0.2) is 0 Å². The fourth-order valence-corrected chi connectivity index (χ4v) is 4.09. The Morgan fingerprint density at radius 2 is 1.65 bits per heavy atom. The summed E-state index contributed by atoms with van der Waals surface area (Å²) < 4.78 is 16.4. The number of aromatic nitrogens is 1. The van der Waals surface area contributed by atoms with E-state index in [1.165, 1.54) is 26.2 Å². The molecule has 1 aliphatic rings. The minimum absolute atomic E-state index is 0.0191. The highest BCUT2D eigenvalue weighted by Crippen LogP contribution is 2.46. The number of ether oxygens (including phenoxy) is 3. The predicted molar refractivity (Wildman–Crippen MR) is 125 cm³/mol. The van der Waals surface area contributed by atoms with E-state index in [0.29, 0.717) is 28.4 Å². The number of aliphatic hydroxyl groups is 1. The summed E-state index contributed by atoms with van der Waals surface area (Å²) in [6.45, 7) is 0.116. The molecule has 1 fully saturated rings. The molecule has 0 unspecified atom stereocenters. The number of methoxy groups -OCH3 is 3. The molecule has 1 atom stereocenters. The first-order chi connectivity index (χ1) is 16.5. The maximum atomic E-state index is 13.2. The average Bonchev–Trinajstić information content (AvgIpc) is 3.13. The van der Waals surface area contributed by atoms with Crippen LogP contribution in [-0.2, 0) is 16.1 Å². The molecule has 1 aromatic heterocycles. The maximum absolute atomic E-state index is 13.2. The molecule has 0 spiro atoms. The SMILES string of the molecule is COc1cc([C@@H]2C(=C(O)c3ccccc3)C(=O)C(=O)N2Cc2cccnc2)cc(OC)c1OC. The number of carbonyl (C=O) groups excluding carboxylic acids is 2. The van der Waals surface area contributed by atoms with Crippen molar-refractivity contribution in [1.29, 1.82) is 0 Å². The number of pyridine rings is 1. The first-order valence-electron chi connectivity index (χ1n) is 10.5. The number of Topliss-reactive ketones (excluding diaryl/α,β-unsaturated/α-hetero) is 1. The van der Waals surface area contributed by atoms with Gasteiger partial charge in [0.25, 0.3) is 11.7 Å². The van der Waals surface area contributed by atoms with Gasteiger partial charge in [0.1, 0.15) is 5.76 Å². The highest BCUT2D eigenvalue weighted by atomic mass is 16.5. The number of likely N-dealkylation sites (tertiary alicyclic amines) is 1. The van der Waals surface area contributed by atoms with Crippen LogP contribution in [0.5, 0.6) is 17.2 Å². The highest BCUT2D eigenvalue weighted by molar-refractivity contribution is 6.46. The molecule has 0 radical (unpaired) electrons. The van der Waals surface area contributed by atoms with Gasteiger partial charge in [0.05, 0.1) is 32.9 Å². The van der Waals surface area contributed by atoms with Gasteiger partial charge in [-0.05, 0) is 29.3 Å².